The van der Waals surface area contributed by atoms with Gasteiger partial charge in [-0.25, -0.2) is 0 Å². The molecule has 0 aliphatic heterocycles. The summed E-state index contributed by atoms with van der Waals surface area (Å²) >= 11 is 0. The zero-order chi connectivity index (χ0) is 9.11. The third-order valence-electron chi connectivity index (χ3n) is 0.826. The van der Waals surface area contributed by atoms with Crippen molar-refractivity contribution in [2.45, 2.75) is 27.2 Å². The van der Waals surface area contributed by atoms with Crippen LogP contribution in [0.15, 0.2) is 29.8 Å². The molecule has 0 aromatic heterocycles. The van der Waals surface area contributed by atoms with E-state index < -0.39 is 0 Å². The Bertz CT molecular complexity index is 132. The van der Waals surface area contributed by atoms with Crippen molar-refractivity contribution in [3.8, 4) is 0 Å². The van der Waals surface area contributed by atoms with E-state index in [-0.39, 0.29) is 0 Å². The number of hydrogen-bond donors (Lipinski definition) is 0. The van der Waals surface area contributed by atoms with Crippen molar-refractivity contribution in [3.63, 3.8) is 0 Å². The van der Waals surface area contributed by atoms with Gasteiger partial charge in [-0.2, -0.15) is 0 Å². The minimum Gasteiger partial charge on any atom is -0.293 e. The van der Waals surface area contributed by atoms with Gasteiger partial charge < -0.3 is 0 Å². The Labute approximate surface area is 70.5 Å². The van der Waals surface area contributed by atoms with Gasteiger partial charge in [0, 0.05) is 12.8 Å². The van der Waals surface area contributed by atoms with E-state index in [2.05, 4.69) is 25.4 Å². The Morgan fingerprint density at radius 1 is 1.45 bits per heavy atom. The Morgan fingerprint density at radius 3 is 2.18 bits per heavy atom. The van der Waals surface area contributed by atoms with Crippen LogP contribution in [0.5, 0.6) is 0 Å². The zero-order valence-electron chi connectivity index (χ0n) is 8.09. The second-order valence-corrected chi connectivity index (χ2v) is 2.17. The summed E-state index contributed by atoms with van der Waals surface area (Å²) in [6.45, 7) is 9.72. The standard InChI is InChI=1S/C7H11N.C3H8/c1-4-5-6-7(2)8-3;1-3-2/h4-6H,1H2,2-3H3;3H2,1-2H3/b6-5-,8-7?;. The van der Waals surface area contributed by atoms with Gasteiger partial charge in [-0.3, -0.25) is 4.99 Å². The van der Waals surface area contributed by atoms with E-state index in [0.717, 1.165) is 5.71 Å². The van der Waals surface area contributed by atoms with Crippen molar-refractivity contribution in [3.05, 3.63) is 24.8 Å². The molecule has 0 amide bonds. The molecule has 0 saturated carbocycles. The van der Waals surface area contributed by atoms with E-state index in [1.165, 1.54) is 6.42 Å². The van der Waals surface area contributed by atoms with E-state index in [9.17, 15) is 0 Å². The summed E-state index contributed by atoms with van der Waals surface area (Å²) < 4.78 is 0. The lowest BCUT2D eigenvalue weighted by Crippen LogP contribution is -1.79. The quantitative estimate of drug-likeness (QED) is 0.426. The summed E-state index contributed by atoms with van der Waals surface area (Å²) in [6.07, 6.45) is 6.75. The molecule has 11 heavy (non-hydrogen) atoms. The van der Waals surface area contributed by atoms with Crippen LogP contribution >= 0.6 is 0 Å². The molecule has 64 valence electrons. The lowest BCUT2D eigenvalue weighted by atomic mass is 10.4. The van der Waals surface area contributed by atoms with Gasteiger partial charge in [-0.05, 0) is 13.0 Å². The van der Waals surface area contributed by atoms with Crippen LogP contribution in [0.3, 0.4) is 0 Å². The second-order valence-electron chi connectivity index (χ2n) is 2.17. The molecule has 0 aliphatic rings. The van der Waals surface area contributed by atoms with Gasteiger partial charge in [0.05, 0.1) is 0 Å². The monoisotopic (exact) mass is 153 g/mol. The molecule has 1 heteroatoms. The van der Waals surface area contributed by atoms with Crippen LogP contribution in [0, 0.1) is 0 Å². The van der Waals surface area contributed by atoms with Crippen LogP contribution in [0.1, 0.15) is 27.2 Å². The molecule has 0 unspecified atom stereocenters. The molecule has 0 bridgehead atoms. The lowest BCUT2D eigenvalue weighted by Gasteiger charge is -1.81. The number of hydrogen-bond acceptors (Lipinski definition) is 1. The Kier molecular flexibility index (Phi) is 13.8. The average molecular weight is 153 g/mol. The van der Waals surface area contributed by atoms with Gasteiger partial charge in [0.1, 0.15) is 0 Å². The number of aliphatic imine (C=N–C) groups is 1. The SMILES string of the molecule is C=C/C=C\C(C)=NC.CCC. The van der Waals surface area contributed by atoms with Gasteiger partial charge in [0.2, 0.25) is 0 Å². The minimum absolute atomic E-state index is 1.02. The number of nitrogens with zero attached hydrogens (tertiary/aromatic N) is 1. The van der Waals surface area contributed by atoms with Crippen LogP contribution in [-0.2, 0) is 0 Å². The normalized spacial score (nSPS) is 10.7. The molecule has 0 fully saturated rings. The van der Waals surface area contributed by atoms with Crippen molar-refractivity contribution >= 4 is 5.71 Å². The van der Waals surface area contributed by atoms with Crippen molar-refractivity contribution in [1.29, 1.82) is 0 Å². The maximum Gasteiger partial charge on any atom is 0.0313 e. The smallest absolute Gasteiger partial charge is 0.0313 e. The molecule has 0 atom stereocenters. The van der Waals surface area contributed by atoms with Gasteiger partial charge in [-0.1, -0.05) is 39.0 Å². The Balaban J connectivity index is 0. The summed E-state index contributed by atoms with van der Waals surface area (Å²) in [7, 11) is 1.77. The fourth-order valence-corrected chi connectivity index (χ4v) is 0.282. The van der Waals surface area contributed by atoms with Crippen LogP contribution in [0.25, 0.3) is 0 Å². The van der Waals surface area contributed by atoms with E-state index in [0.29, 0.717) is 0 Å². The third kappa shape index (κ3) is 17.6. The largest absolute Gasteiger partial charge is 0.293 e. The highest BCUT2D eigenvalue weighted by molar-refractivity contribution is 5.92. The fraction of sp³-hybridized carbons (Fsp3) is 0.500. The third-order valence-corrected chi connectivity index (χ3v) is 0.826. The Morgan fingerprint density at radius 2 is 1.91 bits per heavy atom. The maximum absolute atomic E-state index is 3.91. The summed E-state index contributed by atoms with van der Waals surface area (Å²) in [6, 6.07) is 0. The van der Waals surface area contributed by atoms with Crippen LogP contribution in [0.4, 0.5) is 0 Å². The summed E-state index contributed by atoms with van der Waals surface area (Å²) in [5, 5.41) is 0. The molecule has 1 nitrogen and oxygen atoms in total. The average Bonchev–Trinajstić information content (AvgIpc) is 2.02. The highest BCUT2D eigenvalue weighted by Crippen LogP contribution is 1.78. The zero-order valence-corrected chi connectivity index (χ0v) is 8.09. The first-order valence-electron chi connectivity index (χ1n) is 3.95. The predicted molar refractivity (Wildman–Crippen MR) is 54.3 cm³/mol. The number of rotatable bonds is 2. The predicted octanol–water partition coefficient (Wildman–Crippen LogP) is 3.24. The molecular formula is C10H19N. The van der Waals surface area contributed by atoms with Crippen LogP contribution < -0.4 is 0 Å². The molecule has 0 heterocycles. The summed E-state index contributed by atoms with van der Waals surface area (Å²) in [4.78, 5) is 3.91. The summed E-state index contributed by atoms with van der Waals surface area (Å²) in [5.74, 6) is 0. The van der Waals surface area contributed by atoms with Gasteiger partial charge in [0.15, 0.2) is 0 Å². The van der Waals surface area contributed by atoms with Gasteiger partial charge >= 0.3 is 0 Å². The molecule has 0 aliphatic carbocycles. The van der Waals surface area contributed by atoms with Gasteiger partial charge in [-0.15, -0.1) is 0 Å². The highest BCUT2D eigenvalue weighted by Gasteiger charge is 1.72. The molecule has 0 radical (unpaired) electrons. The van der Waals surface area contributed by atoms with Gasteiger partial charge in [0.25, 0.3) is 0 Å². The van der Waals surface area contributed by atoms with Crippen molar-refractivity contribution < 1.29 is 0 Å². The molecule has 0 aromatic rings. The van der Waals surface area contributed by atoms with Crippen molar-refractivity contribution in [1.82, 2.24) is 0 Å². The van der Waals surface area contributed by atoms with E-state index in [4.69, 9.17) is 0 Å². The first kappa shape index (κ1) is 12.8. The van der Waals surface area contributed by atoms with Crippen molar-refractivity contribution in [2.75, 3.05) is 7.05 Å². The highest BCUT2D eigenvalue weighted by atomic mass is 14.7. The molecule has 0 spiro atoms. The molecule has 0 rings (SSSR count). The van der Waals surface area contributed by atoms with E-state index in [1.54, 1.807) is 13.1 Å². The van der Waals surface area contributed by atoms with Crippen LogP contribution in [-0.4, -0.2) is 12.8 Å². The minimum atomic E-state index is 1.02. The second kappa shape index (κ2) is 11.9. The molecule has 0 N–H and O–H groups in total. The fourth-order valence-electron chi connectivity index (χ4n) is 0.282. The molecular weight excluding hydrogens is 134 g/mol. The number of allylic oxidation sites excluding steroid dienone is 3. The first-order chi connectivity index (χ1) is 5.22. The van der Waals surface area contributed by atoms with Crippen LogP contribution in [0.2, 0.25) is 0 Å². The summed E-state index contributed by atoms with van der Waals surface area (Å²) in [5.41, 5.74) is 1.02. The Hall–Kier alpha value is -0.850. The van der Waals surface area contributed by atoms with E-state index in [1.807, 2.05) is 19.1 Å². The molecule has 0 saturated heterocycles. The maximum atomic E-state index is 3.91. The van der Waals surface area contributed by atoms with Crippen molar-refractivity contribution in [2.24, 2.45) is 4.99 Å². The molecule has 0 aromatic carbocycles. The lowest BCUT2D eigenvalue weighted by molar-refractivity contribution is 1.09. The topological polar surface area (TPSA) is 12.4 Å². The van der Waals surface area contributed by atoms with E-state index >= 15 is 0 Å². The first-order valence-corrected chi connectivity index (χ1v) is 3.95.